The Morgan fingerprint density at radius 1 is 1.24 bits per heavy atom. The van der Waals surface area contributed by atoms with Crippen LogP contribution >= 0.6 is 0 Å². The zero-order chi connectivity index (χ0) is 15.1. The highest BCUT2D eigenvalue weighted by Crippen LogP contribution is 2.17. The van der Waals surface area contributed by atoms with E-state index in [0.717, 1.165) is 19.6 Å². The standard InChI is InChI=1S/C17H26N2O2/c1-14(2)12-18-13-15-3-4-16-5-6-19(17(16)11-15)7-9-21-10-8-20/h3-6,11,14,18,20H,7-10,12-13H2,1-2H3. The number of ether oxygens (including phenoxy) is 1. The van der Waals surface area contributed by atoms with Gasteiger partial charge in [-0.2, -0.15) is 0 Å². The third-order valence-electron chi connectivity index (χ3n) is 3.43. The Balaban J connectivity index is 1.99. The van der Waals surface area contributed by atoms with E-state index < -0.39 is 0 Å². The van der Waals surface area contributed by atoms with E-state index in [-0.39, 0.29) is 6.61 Å². The van der Waals surface area contributed by atoms with E-state index in [4.69, 9.17) is 9.84 Å². The van der Waals surface area contributed by atoms with Gasteiger partial charge >= 0.3 is 0 Å². The maximum Gasteiger partial charge on any atom is 0.0698 e. The van der Waals surface area contributed by atoms with Crippen molar-refractivity contribution in [1.29, 1.82) is 0 Å². The van der Waals surface area contributed by atoms with Gasteiger partial charge in [-0.15, -0.1) is 0 Å². The molecule has 2 aromatic rings. The highest BCUT2D eigenvalue weighted by molar-refractivity contribution is 5.80. The Morgan fingerprint density at radius 2 is 2.10 bits per heavy atom. The number of hydrogen-bond acceptors (Lipinski definition) is 3. The van der Waals surface area contributed by atoms with Crippen molar-refractivity contribution < 1.29 is 9.84 Å². The summed E-state index contributed by atoms with van der Waals surface area (Å²) in [7, 11) is 0. The second-order valence-electron chi connectivity index (χ2n) is 5.76. The lowest BCUT2D eigenvalue weighted by Crippen LogP contribution is -2.18. The number of nitrogens with zero attached hydrogens (tertiary/aromatic N) is 1. The van der Waals surface area contributed by atoms with Crippen LogP contribution in [0.1, 0.15) is 19.4 Å². The first-order valence-corrected chi connectivity index (χ1v) is 7.68. The summed E-state index contributed by atoms with van der Waals surface area (Å²) in [4.78, 5) is 0. The van der Waals surface area contributed by atoms with Crippen LogP contribution in [0, 0.1) is 5.92 Å². The fourth-order valence-corrected chi connectivity index (χ4v) is 2.37. The molecular formula is C17H26N2O2. The molecule has 116 valence electrons. The number of aromatic nitrogens is 1. The van der Waals surface area contributed by atoms with Crippen LogP contribution in [0.25, 0.3) is 10.9 Å². The van der Waals surface area contributed by atoms with Gasteiger partial charge in [-0.25, -0.2) is 0 Å². The quantitative estimate of drug-likeness (QED) is 0.697. The maximum absolute atomic E-state index is 8.71. The van der Waals surface area contributed by atoms with Gasteiger partial charge in [0.25, 0.3) is 0 Å². The van der Waals surface area contributed by atoms with Crippen LogP contribution in [0.5, 0.6) is 0 Å². The molecule has 0 radical (unpaired) electrons. The fraction of sp³-hybridized carbons (Fsp3) is 0.529. The Kier molecular flexibility index (Phi) is 6.23. The number of aliphatic hydroxyl groups is 1. The predicted molar refractivity (Wildman–Crippen MR) is 86.4 cm³/mol. The van der Waals surface area contributed by atoms with Crippen LogP contribution in [-0.2, 0) is 17.8 Å². The molecule has 1 aromatic carbocycles. The maximum atomic E-state index is 8.71. The molecule has 21 heavy (non-hydrogen) atoms. The summed E-state index contributed by atoms with van der Waals surface area (Å²) < 4.78 is 7.55. The molecule has 2 rings (SSSR count). The van der Waals surface area contributed by atoms with Crippen molar-refractivity contribution in [3.05, 3.63) is 36.0 Å². The lowest BCUT2D eigenvalue weighted by Gasteiger charge is -2.09. The van der Waals surface area contributed by atoms with Crippen LogP contribution < -0.4 is 5.32 Å². The van der Waals surface area contributed by atoms with E-state index in [1.807, 2.05) is 0 Å². The molecular weight excluding hydrogens is 264 g/mol. The normalized spacial score (nSPS) is 11.6. The van der Waals surface area contributed by atoms with Gasteiger partial charge in [-0.05, 0) is 35.5 Å². The summed E-state index contributed by atoms with van der Waals surface area (Å²) in [5.41, 5.74) is 2.55. The molecule has 0 aliphatic heterocycles. The summed E-state index contributed by atoms with van der Waals surface area (Å²) in [6.45, 7) is 8.30. The second kappa shape index (κ2) is 8.17. The van der Waals surface area contributed by atoms with Gasteiger partial charge < -0.3 is 19.7 Å². The molecule has 0 atom stereocenters. The number of aliphatic hydroxyl groups excluding tert-OH is 1. The Morgan fingerprint density at radius 3 is 2.86 bits per heavy atom. The minimum Gasteiger partial charge on any atom is -0.394 e. The molecule has 1 aromatic heterocycles. The minimum atomic E-state index is 0.0814. The third-order valence-corrected chi connectivity index (χ3v) is 3.43. The van der Waals surface area contributed by atoms with Gasteiger partial charge in [-0.1, -0.05) is 26.0 Å². The average Bonchev–Trinajstić information content (AvgIpc) is 2.86. The van der Waals surface area contributed by atoms with Crippen LogP contribution in [0.4, 0.5) is 0 Å². The molecule has 0 aliphatic carbocycles. The molecule has 2 N–H and O–H groups in total. The van der Waals surface area contributed by atoms with Crippen LogP contribution in [-0.4, -0.2) is 36.0 Å². The summed E-state index contributed by atoms with van der Waals surface area (Å²) in [6, 6.07) is 8.73. The first-order chi connectivity index (χ1) is 10.2. The number of rotatable bonds is 9. The van der Waals surface area contributed by atoms with Gasteiger partial charge in [-0.3, -0.25) is 0 Å². The second-order valence-corrected chi connectivity index (χ2v) is 5.76. The zero-order valence-corrected chi connectivity index (χ0v) is 13.0. The lowest BCUT2D eigenvalue weighted by molar-refractivity contribution is 0.0875. The van der Waals surface area contributed by atoms with Crippen LogP contribution in [0.3, 0.4) is 0 Å². The van der Waals surface area contributed by atoms with E-state index in [2.05, 4.69) is 54.2 Å². The minimum absolute atomic E-state index is 0.0814. The molecule has 0 bridgehead atoms. The highest BCUT2D eigenvalue weighted by atomic mass is 16.5. The highest BCUT2D eigenvalue weighted by Gasteiger charge is 2.03. The molecule has 4 heteroatoms. The predicted octanol–water partition coefficient (Wildman–Crippen LogP) is 2.40. The van der Waals surface area contributed by atoms with Crippen LogP contribution in [0.2, 0.25) is 0 Å². The first kappa shape index (κ1) is 16.0. The van der Waals surface area contributed by atoms with Crippen molar-refractivity contribution in [3.63, 3.8) is 0 Å². The van der Waals surface area contributed by atoms with Crippen molar-refractivity contribution in [3.8, 4) is 0 Å². The molecule has 0 saturated heterocycles. The number of fused-ring (bicyclic) bond motifs is 1. The summed E-state index contributed by atoms with van der Waals surface area (Å²) >= 11 is 0. The molecule has 0 spiro atoms. The van der Waals surface area contributed by atoms with Crippen LogP contribution in [0.15, 0.2) is 30.5 Å². The molecule has 0 saturated carbocycles. The van der Waals surface area contributed by atoms with Crippen molar-refractivity contribution >= 4 is 10.9 Å². The lowest BCUT2D eigenvalue weighted by atomic mass is 10.1. The van der Waals surface area contributed by atoms with Gasteiger partial charge in [0.15, 0.2) is 0 Å². The topological polar surface area (TPSA) is 46.4 Å². The van der Waals surface area contributed by atoms with Gasteiger partial charge in [0.2, 0.25) is 0 Å². The smallest absolute Gasteiger partial charge is 0.0698 e. The van der Waals surface area contributed by atoms with Crippen molar-refractivity contribution in [1.82, 2.24) is 9.88 Å². The SMILES string of the molecule is CC(C)CNCc1ccc2ccn(CCOCCO)c2c1. The molecule has 0 amide bonds. The van der Waals surface area contributed by atoms with E-state index in [9.17, 15) is 0 Å². The van der Waals surface area contributed by atoms with Gasteiger partial charge in [0, 0.05) is 24.8 Å². The monoisotopic (exact) mass is 290 g/mol. The Hall–Kier alpha value is -1.36. The molecule has 1 heterocycles. The fourth-order valence-electron chi connectivity index (χ4n) is 2.37. The summed E-state index contributed by atoms with van der Waals surface area (Å²) in [6.07, 6.45) is 2.10. The molecule has 0 aliphatic rings. The van der Waals surface area contributed by atoms with Crippen molar-refractivity contribution in [2.24, 2.45) is 5.92 Å². The largest absolute Gasteiger partial charge is 0.394 e. The Bertz CT molecular complexity index is 549. The third kappa shape index (κ3) is 4.84. The number of benzene rings is 1. The number of nitrogens with one attached hydrogen (secondary N) is 1. The van der Waals surface area contributed by atoms with E-state index >= 15 is 0 Å². The Labute approximate surface area is 126 Å². The van der Waals surface area contributed by atoms with Crippen molar-refractivity contribution in [2.75, 3.05) is 26.4 Å². The van der Waals surface area contributed by atoms with Gasteiger partial charge in [0.1, 0.15) is 0 Å². The van der Waals surface area contributed by atoms with E-state index in [0.29, 0.717) is 19.1 Å². The van der Waals surface area contributed by atoms with Crippen molar-refractivity contribution in [2.45, 2.75) is 26.9 Å². The number of hydrogen-bond donors (Lipinski definition) is 2. The first-order valence-electron chi connectivity index (χ1n) is 7.68. The van der Waals surface area contributed by atoms with Gasteiger partial charge in [0.05, 0.1) is 19.8 Å². The summed E-state index contributed by atoms with van der Waals surface area (Å²) in [5, 5.41) is 13.4. The van der Waals surface area contributed by atoms with E-state index in [1.165, 1.54) is 16.5 Å². The molecule has 0 unspecified atom stereocenters. The zero-order valence-electron chi connectivity index (χ0n) is 13.0. The summed E-state index contributed by atoms with van der Waals surface area (Å²) in [5.74, 6) is 0.668. The molecule has 4 nitrogen and oxygen atoms in total. The molecule has 0 fully saturated rings. The average molecular weight is 290 g/mol. The van der Waals surface area contributed by atoms with E-state index in [1.54, 1.807) is 0 Å².